The monoisotopic (exact) mass is 371 g/mol. The summed E-state index contributed by atoms with van der Waals surface area (Å²) in [5.41, 5.74) is 6.33. The third-order valence-electron chi connectivity index (χ3n) is 5.07. The third kappa shape index (κ3) is 3.24. The Balaban J connectivity index is 1.58. The smallest absolute Gasteiger partial charge is 0.248 e. The van der Waals surface area contributed by atoms with Gasteiger partial charge in [0.15, 0.2) is 6.10 Å². The van der Waals surface area contributed by atoms with Gasteiger partial charge in [-0.1, -0.05) is 24.3 Å². The van der Waals surface area contributed by atoms with Gasteiger partial charge >= 0.3 is 0 Å². The molecule has 3 atom stereocenters. The molecule has 0 saturated carbocycles. The van der Waals surface area contributed by atoms with Gasteiger partial charge in [-0.25, -0.2) is 4.98 Å². The Bertz CT molecular complexity index is 830. The van der Waals surface area contributed by atoms with Crippen molar-refractivity contribution < 1.29 is 14.3 Å². The average Bonchev–Trinajstić information content (AvgIpc) is 3.11. The van der Waals surface area contributed by atoms with Gasteiger partial charge in [0.2, 0.25) is 11.8 Å². The molecule has 1 aliphatic heterocycles. The Labute approximate surface area is 155 Å². The SMILES string of the molecule is NC(=O)[C@@H]1CN(C(=O)[C@H]2CC=CC[C@H]2c2nc3ccccc3s2)CCO1. The molecule has 6 nitrogen and oxygen atoms in total. The summed E-state index contributed by atoms with van der Waals surface area (Å²) in [7, 11) is 0. The van der Waals surface area contributed by atoms with E-state index in [1.165, 1.54) is 0 Å². The van der Waals surface area contributed by atoms with Gasteiger partial charge in [0.25, 0.3) is 0 Å². The molecule has 26 heavy (non-hydrogen) atoms. The maximum atomic E-state index is 13.2. The highest BCUT2D eigenvalue weighted by atomic mass is 32.1. The van der Waals surface area contributed by atoms with Crippen LogP contribution in [-0.2, 0) is 14.3 Å². The zero-order chi connectivity index (χ0) is 18.1. The Morgan fingerprint density at radius 1 is 1.23 bits per heavy atom. The van der Waals surface area contributed by atoms with Gasteiger partial charge in [-0.2, -0.15) is 0 Å². The lowest BCUT2D eigenvalue weighted by Crippen LogP contribution is -2.52. The molecule has 1 aromatic heterocycles. The molecule has 0 bridgehead atoms. The van der Waals surface area contributed by atoms with Crippen molar-refractivity contribution in [3.05, 3.63) is 41.4 Å². The van der Waals surface area contributed by atoms with E-state index in [4.69, 9.17) is 15.5 Å². The molecule has 1 saturated heterocycles. The van der Waals surface area contributed by atoms with E-state index in [0.29, 0.717) is 19.6 Å². The number of para-hydroxylation sites is 1. The fraction of sp³-hybridized carbons (Fsp3) is 0.421. The first-order valence-corrected chi connectivity index (χ1v) is 9.65. The lowest BCUT2D eigenvalue weighted by Gasteiger charge is -2.36. The van der Waals surface area contributed by atoms with E-state index in [1.807, 2.05) is 18.2 Å². The molecular weight excluding hydrogens is 350 g/mol. The van der Waals surface area contributed by atoms with Gasteiger partial charge < -0.3 is 15.4 Å². The van der Waals surface area contributed by atoms with Crippen LogP contribution in [0.25, 0.3) is 10.2 Å². The fourth-order valence-corrected chi connectivity index (χ4v) is 4.81. The number of fused-ring (bicyclic) bond motifs is 1. The van der Waals surface area contributed by atoms with Crippen LogP contribution in [0.4, 0.5) is 0 Å². The van der Waals surface area contributed by atoms with E-state index >= 15 is 0 Å². The van der Waals surface area contributed by atoms with Crippen molar-refractivity contribution in [2.75, 3.05) is 19.7 Å². The summed E-state index contributed by atoms with van der Waals surface area (Å²) in [6.45, 7) is 1.07. The molecule has 136 valence electrons. The standard InChI is InChI=1S/C19H21N3O3S/c20-17(23)15-11-22(9-10-25-15)19(24)13-6-2-1-5-12(13)18-21-14-7-3-4-8-16(14)26-18/h1-4,7-8,12-13,15H,5-6,9-11H2,(H2,20,23)/t12-,13+,15+/m1/s1. The van der Waals surface area contributed by atoms with Gasteiger partial charge in [-0.15, -0.1) is 11.3 Å². The molecule has 0 spiro atoms. The zero-order valence-electron chi connectivity index (χ0n) is 14.3. The molecule has 1 aromatic carbocycles. The van der Waals surface area contributed by atoms with E-state index in [0.717, 1.165) is 21.6 Å². The van der Waals surface area contributed by atoms with Crippen LogP contribution in [0.2, 0.25) is 0 Å². The topological polar surface area (TPSA) is 85.5 Å². The summed E-state index contributed by atoms with van der Waals surface area (Å²) in [6.07, 6.45) is 4.98. The highest BCUT2D eigenvalue weighted by molar-refractivity contribution is 7.18. The number of aromatic nitrogens is 1. The van der Waals surface area contributed by atoms with Crippen LogP contribution < -0.4 is 5.73 Å². The second-order valence-corrected chi connectivity index (χ2v) is 7.78. The maximum Gasteiger partial charge on any atom is 0.248 e. The van der Waals surface area contributed by atoms with Crippen molar-refractivity contribution in [3.63, 3.8) is 0 Å². The van der Waals surface area contributed by atoms with Crippen LogP contribution in [0.15, 0.2) is 36.4 Å². The number of hydrogen-bond acceptors (Lipinski definition) is 5. The minimum Gasteiger partial charge on any atom is -0.367 e. The van der Waals surface area contributed by atoms with Crippen LogP contribution >= 0.6 is 11.3 Å². The zero-order valence-corrected chi connectivity index (χ0v) is 15.2. The molecule has 0 radical (unpaired) electrons. The number of nitrogens with zero attached hydrogens (tertiary/aromatic N) is 2. The van der Waals surface area contributed by atoms with Gasteiger partial charge in [0.05, 0.1) is 34.3 Å². The average molecular weight is 371 g/mol. The van der Waals surface area contributed by atoms with Gasteiger partial charge in [-0.3, -0.25) is 9.59 Å². The number of ether oxygens (including phenoxy) is 1. The van der Waals surface area contributed by atoms with Crippen molar-refractivity contribution in [3.8, 4) is 0 Å². The second kappa shape index (κ2) is 7.17. The molecule has 2 heterocycles. The number of carbonyl (C=O) groups excluding carboxylic acids is 2. The Hall–Kier alpha value is -2.25. The molecule has 7 heteroatoms. The van der Waals surface area contributed by atoms with Gasteiger partial charge in [-0.05, 0) is 25.0 Å². The maximum absolute atomic E-state index is 13.2. The van der Waals surface area contributed by atoms with Crippen molar-refractivity contribution in [1.82, 2.24) is 9.88 Å². The molecule has 1 fully saturated rings. The van der Waals surface area contributed by atoms with Crippen molar-refractivity contribution >= 4 is 33.4 Å². The molecule has 2 aliphatic rings. The summed E-state index contributed by atoms with van der Waals surface area (Å²) in [5.74, 6) is -0.547. The lowest BCUT2D eigenvalue weighted by atomic mass is 9.82. The van der Waals surface area contributed by atoms with Crippen molar-refractivity contribution in [2.45, 2.75) is 24.9 Å². The van der Waals surface area contributed by atoms with Crippen molar-refractivity contribution in [2.24, 2.45) is 11.7 Å². The Morgan fingerprint density at radius 2 is 2.04 bits per heavy atom. The number of morpholine rings is 1. The van der Waals surface area contributed by atoms with E-state index in [-0.39, 0.29) is 24.3 Å². The first-order valence-electron chi connectivity index (χ1n) is 8.83. The highest BCUT2D eigenvalue weighted by Gasteiger charge is 2.37. The largest absolute Gasteiger partial charge is 0.367 e. The molecule has 2 N–H and O–H groups in total. The van der Waals surface area contributed by atoms with Crippen LogP contribution in [0.1, 0.15) is 23.8 Å². The number of hydrogen-bond donors (Lipinski definition) is 1. The predicted octanol–water partition coefficient (Wildman–Crippen LogP) is 2.06. The normalized spacial score (nSPS) is 26.2. The van der Waals surface area contributed by atoms with Crippen LogP contribution in [0.5, 0.6) is 0 Å². The molecule has 2 aromatic rings. The quantitative estimate of drug-likeness (QED) is 0.837. The van der Waals surface area contributed by atoms with E-state index in [2.05, 4.69) is 18.2 Å². The number of thiazole rings is 1. The van der Waals surface area contributed by atoms with Crippen LogP contribution in [-0.4, -0.2) is 47.5 Å². The van der Waals surface area contributed by atoms with Crippen molar-refractivity contribution in [1.29, 1.82) is 0 Å². The lowest BCUT2D eigenvalue weighted by molar-refractivity contribution is -0.148. The summed E-state index contributed by atoms with van der Waals surface area (Å²) < 4.78 is 6.51. The minimum atomic E-state index is -0.715. The number of benzene rings is 1. The fourth-order valence-electron chi connectivity index (χ4n) is 3.66. The molecule has 1 aliphatic carbocycles. The second-order valence-electron chi connectivity index (χ2n) is 6.72. The first-order chi connectivity index (χ1) is 12.6. The Kier molecular flexibility index (Phi) is 4.74. The van der Waals surface area contributed by atoms with Crippen LogP contribution in [0, 0.1) is 5.92 Å². The van der Waals surface area contributed by atoms with E-state index in [1.54, 1.807) is 16.2 Å². The van der Waals surface area contributed by atoms with Crippen LogP contribution in [0.3, 0.4) is 0 Å². The molecular formula is C19H21N3O3S. The molecule has 2 amide bonds. The predicted molar refractivity (Wildman–Crippen MR) is 99.7 cm³/mol. The van der Waals surface area contributed by atoms with E-state index in [9.17, 15) is 9.59 Å². The summed E-state index contributed by atoms with van der Waals surface area (Å²) in [5, 5.41) is 1.01. The molecule has 0 unspecified atom stereocenters. The number of primary amides is 1. The first kappa shape index (κ1) is 17.2. The number of allylic oxidation sites excluding steroid dienone is 2. The van der Waals surface area contributed by atoms with E-state index < -0.39 is 12.0 Å². The van der Waals surface area contributed by atoms with Gasteiger partial charge in [0, 0.05) is 12.5 Å². The minimum absolute atomic E-state index is 0.0631. The number of carbonyl (C=O) groups is 2. The highest BCUT2D eigenvalue weighted by Crippen LogP contribution is 2.39. The third-order valence-corrected chi connectivity index (χ3v) is 6.24. The van der Waals surface area contributed by atoms with Gasteiger partial charge in [0.1, 0.15) is 0 Å². The summed E-state index contributed by atoms with van der Waals surface area (Å²) >= 11 is 1.66. The summed E-state index contributed by atoms with van der Waals surface area (Å²) in [4.78, 5) is 31.1. The summed E-state index contributed by atoms with van der Waals surface area (Å²) in [6, 6.07) is 8.05. The molecule has 4 rings (SSSR count). The number of nitrogens with two attached hydrogens (primary N) is 1. The Morgan fingerprint density at radius 3 is 2.85 bits per heavy atom. The number of amides is 2. The number of rotatable bonds is 3.